The van der Waals surface area contributed by atoms with E-state index in [1.807, 2.05) is 4.90 Å². The minimum absolute atomic E-state index is 0.121. The number of amides is 1. The Bertz CT molecular complexity index is 293. The molecule has 0 aromatic carbocycles. The molecule has 0 N–H and O–H groups in total. The second-order valence-corrected chi connectivity index (χ2v) is 5.30. The van der Waals surface area contributed by atoms with Crippen molar-refractivity contribution in [2.75, 3.05) is 25.4 Å². The number of likely N-dealkylation sites (tertiary alicyclic amines) is 1. The van der Waals surface area contributed by atoms with Crippen LogP contribution >= 0.6 is 11.8 Å². The van der Waals surface area contributed by atoms with Crippen molar-refractivity contribution in [3.05, 3.63) is 12.8 Å². The fraction of sp³-hybridized carbons (Fsp3) is 0.667. The molecular formula is C12H19NO3S. The van der Waals surface area contributed by atoms with Crippen molar-refractivity contribution in [2.24, 2.45) is 5.92 Å². The average Bonchev–Trinajstić information content (AvgIpc) is 2.63. The van der Waals surface area contributed by atoms with E-state index in [2.05, 4.69) is 6.58 Å². The van der Waals surface area contributed by atoms with Gasteiger partial charge in [0.1, 0.15) is 0 Å². The van der Waals surface area contributed by atoms with Crippen LogP contribution in [-0.2, 0) is 14.3 Å². The van der Waals surface area contributed by atoms with E-state index in [0.717, 1.165) is 25.3 Å². The smallest absolute Gasteiger partial charge is 0.222 e. The van der Waals surface area contributed by atoms with Crippen LogP contribution in [0.3, 0.4) is 0 Å². The van der Waals surface area contributed by atoms with E-state index >= 15 is 0 Å². The summed E-state index contributed by atoms with van der Waals surface area (Å²) < 4.78 is 5.01. The number of carbonyl (C=O) groups is 2. The van der Waals surface area contributed by atoms with Crippen LogP contribution in [0.25, 0.3) is 0 Å². The van der Waals surface area contributed by atoms with Crippen LogP contribution in [0.5, 0.6) is 0 Å². The monoisotopic (exact) mass is 257 g/mol. The van der Waals surface area contributed by atoms with E-state index < -0.39 is 0 Å². The molecule has 0 aromatic rings. The summed E-state index contributed by atoms with van der Waals surface area (Å²) in [5.74, 6) is 1.26. The molecule has 1 aliphatic rings. The van der Waals surface area contributed by atoms with Gasteiger partial charge in [-0.25, -0.2) is 0 Å². The molecule has 1 amide bonds. The molecule has 4 nitrogen and oxygen atoms in total. The zero-order valence-electron chi connectivity index (χ0n) is 10.2. The molecule has 96 valence electrons. The summed E-state index contributed by atoms with van der Waals surface area (Å²) in [4.78, 5) is 24.4. The Labute approximate surface area is 106 Å². The van der Waals surface area contributed by atoms with E-state index in [1.165, 1.54) is 18.0 Å². The van der Waals surface area contributed by atoms with Crippen LogP contribution < -0.4 is 0 Å². The van der Waals surface area contributed by atoms with Crippen molar-refractivity contribution >= 4 is 22.8 Å². The summed E-state index contributed by atoms with van der Waals surface area (Å²) in [6, 6.07) is 0. The Balaban J connectivity index is 2.21. The average molecular weight is 257 g/mol. The van der Waals surface area contributed by atoms with Gasteiger partial charge in [0.05, 0.1) is 12.9 Å². The number of hydrogen-bond donors (Lipinski definition) is 0. The Kier molecular flexibility index (Phi) is 6.11. The first-order valence-corrected chi connectivity index (χ1v) is 6.75. The molecule has 5 heteroatoms. The van der Waals surface area contributed by atoms with Crippen LogP contribution in [0.15, 0.2) is 12.8 Å². The molecule has 1 unspecified atom stereocenters. The van der Waals surface area contributed by atoms with Crippen LogP contribution in [0.2, 0.25) is 0 Å². The third-order valence-corrected chi connectivity index (χ3v) is 3.67. The fourth-order valence-corrected chi connectivity index (χ4v) is 2.53. The molecule has 0 radical (unpaired) electrons. The van der Waals surface area contributed by atoms with Gasteiger partial charge in [0.25, 0.3) is 0 Å². The normalized spacial score (nSPS) is 19.5. The molecular weight excluding hydrogens is 238 g/mol. The highest BCUT2D eigenvalue weighted by Gasteiger charge is 2.29. The van der Waals surface area contributed by atoms with Gasteiger partial charge in [0, 0.05) is 32.2 Å². The van der Waals surface area contributed by atoms with Gasteiger partial charge in [-0.3, -0.25) is 9.59 Å². The lowest BCUT2D eigenvalue weighted by atomic mass is 10.1. The van der Waals surface area contributed by atoms with E-state index in [0.29, 0.717) is 18.9 Å². The number of carbonyl (C=O) groups excluding carboxylic acids is 2. The van der Waals surface area contributed by atoms with Gasteiger partial charge in [0.15, 0.2) is 5.12 Å². The maximum Gasteiger partial charge on any atom is 0.222 e. The highest BCUT2D eigenvalue weighted by Crippen LogP contribution is 2.22. The van der Waals surface area contributed by atoms with Crippen molar-refractivity contribution in [1.82, 2.24) is 4.90 Å². The maximum atomic E-state index is 11.7. The van der Waals surface area contributed by atoms with Gasteiger partial charge >= 0.3 is 0 Å². The van der Waals surface area contributed by atoms with Crippen molar-refractivity contribution in [1.29, 1.82) is 0 Å². The second kappa shape index (κ2) is 7.37. The van der Waals surface area contributed by atoms with Crippen molar-refractivity contribution in [3.63, 3.8) is 0 Å². The van der Waals surface area contributed by atoms with Gasteiger partial charge in [0.2, 0.25) is 5.91 Å². The van der Waals surface area contributed by atoms with Crippen molar-refractivity contribution in [3.8, 4) is 0 Å². The quantitative estimate of drug-likeness (QED) is 0.514. The number of hydrogen-bond acceptors (Lipinski definition) is 4. The molecule has 1 aliphatic heterocycles. The van der Waals surface area contributed by atoms with E-state index in [9.17, 15) is 9.59 Å². The lowest BCUT2D eigenvalue weighted by molar-refractivity contribution is -0.127. The standard InChI is InChI=1S/C12H19NO3S/c1-3-16-6-4-5-13-8-11(7-12(13)15)9-17-10(2)14/h3,11H,1,4-9H2,2H3. The first kappa shape index (κ1) is 14.1. The Morgan fingerprint density at radius 2 is 2.47 bits per heavy atom. The topological polar surface area (TPSA) is 46.6 Å². The summed E-state index contributed by atoms with van der Waals surface area (Å²) in [5.41, 5.74) is 0. The lowest BCUT2D eigenvalue weighted by Gasteiger charge is -2.16. The zero-order valence-corrected chi connectivity index (χ0v) is 11.0. The number of rotatable bonds is 7. The van der Waals surface area contributed by atoms with Crippen LogP contribution in [0, 0.1) is 5.92 Å². The van der Waals surface area contributed by atoms with Crippen molar-refractivity contribution in [2.45, 2.75) is 19.8 Å². The molecule has 17 heavy (non-hydrogen) atoms. The molecule has 0 spiro atoms. The Morgan fingerprint density at radius 1 is 1.71 bits per heavy atom. The first-order valence-electron chi connectivity index (χ1n) is 5.77. The van der Waals surface area contributed by atoms with Gasteiger partial charge in [-0.1, -0.05) is 18.3 Å². The van der Waals surface area contributed by atoms with Gasteiger partial charge in [-0.2, -0.15) is 0 Å². The Morgan fingerprint density at radius 3 is 3.12 bits per heavy atom. The molecule has 0 bridgehead atoms. The zero-order chi connectivity index (χ0) is 12.7. The third kappa shape index (κ3) is 5.26. The van der Waals surface area contributed by atoms with Gasteiger partial charge in [-0.05, 0) is 12.3 Å². The number of ether oxygens (including phenoxy) is 1. The predicted octanol–water partition coefficient (Wildman–Crippen LogP) is 1.66. The molecule has 1 rings (SSSR count). The largest absolute Gasteiger partial charge is 0.502 e. The molecule has 1 fully saturated rings. The minimum Gasteiger partial charge on any atom is -0.502 e. The van der Waals surface area contributed by atoms with Crippen LogP contribution in [0.1, 0.15) is 19.8 Å². The lowest BCUT2D eigenvalue weighted by Crippen LogP contribution is -2.27. The van der Waals surface area contributed by atoms with Crippen LogP contribution in [0.4, 0.5) is 0 Å². The van der Waals surface area contributed by atoms with Crippen molar-refractivity contribution < 1.29 is 14.3 Å². The van der Waals surface area contributed by atoms with E-state index in [-0.39, 0.29) is 11.0 Å². The summed E-state index contributed by atoms with van der Waals surface area (Å²) in [7, 11) is 0. The third-order valence-electron chi connectivity index (χ3n) is 2.62. The first-order chi connectivity index (χ1) is 8.13. The van der Waals surface area contributed by atoms with E-state index in [1.54, 1.807) is 6.92 Å². The van der Waals surface area contributed by atoms with E-state index in [4.69, 9.17) is 4.74 Å². The van der Waals surface area contributed by atoms with Gasteiger partial charge < -0.3 is 9.64 Å². The number of thioether (sulfide) groups is 1. The fourth-order valence-electron chi connectivity index (χ4n) is 1.84. The number of nitrogens with zero attached hydrogens (tertiary/aromatic N) is 1. The van der Waals surface area contributed by atoms with Crippen LogP contribution in [-0.4, -0.2) is 41.4 Å². The summed E-state index contributed by atoms with van der Waals surface area (Å²) in [6.45, 7) is 7.12. The molecule has 1 saturated heterocycles. The molecule has 1 atom stereocenters. The Hall–Kier alpha value is -0.970. The molecule has 0 saturated carbocycles. The summed E-state index contributed by atoms with van der Waals surface area (Å²) in [6.07, 6.45) is 2.81. The second-order valence-electron chi connectivity index (χ2n) is 4.10. The molecule has 0 aliphatic carbocycles. The minimum atomic E-state index is 0.121. The van der Waals surface area contributed by atoms with Gasteiger partial charge in [-0.15, -0.1) is 0 Å². The molecule has 0 aromatic heterocycles. The summed E-state index contributed by atoms with van der Waals surface area (Å²) >= 11 is 1.31. The maximum absolute atomic E-state index is 11.7. The molecule has 1 heterocycles. The SMILES string of the molecule is C=COCCCN1CC(CSC(C)=O)CC1=O. The summed E-state index contributed by atoms with van der Waals surface area (Å²) in [5, 5.41) is 0.121. The predicted molar refractivity (Wildman–Crippen MR) is 68.6 cm³/mol. The highest BCUT2D eigenvalue weighted by molar-refractivity contribution is 8.13. The highest BCUT2D eigenvalue weighted by atomic mass is 32.2.